The van der Waals surface area contributed by atoms with Gasteiger partial charge in [0.1, 0.15) is 10.3 Å². The highest BCUT2D eigenvalue weighted by atomic mass is 35.5. The molecule has 0 aliphatic carbocycles. The van der Waals surface area contributed by atoms with Crippen molar-refractivity contribution in [2.75, 3.05) is 12.5 Å². The molecule has 0 atom stereocenters. The Labute approximate surface area is 144 Å². The van der Waals surface area contributed by atoms with Gasteiger partial charge in [-0.2, -0.15) is 0 Å². The molecule has 2 nitrogen and oxygen atoms in total. The van der Waals surface area contributed by atoms with Crippen LogP contribution in [-0.2, 0) is 0 Å². The van der Waals surface area contributed by atoms with Crippen molar-refractivity contribution in [2.24, 2.45) is 0 Å². The van der Waals surface area contributed by atoms with E-state index in [2.05, 4.69) is 17.5 Å². The Morgan fingerprint density at radius 2 is 1.65 bits per heavy atom. The zero-order valence-electron chi connectivity index (χ0n) is 10.5. The number of aldehydes is 1. The molecule has 0 saturated carbocycles. The number of rotatable bonds is 4. The highest BCUT2D eigenvalue weighted by molar-refractivity contribution is 8.40. The molecule has 0 unspecified atom stereocenters. The van der Waals surface area contributed by atoms with Gasteiger partial charge in [-0.1, -0.05) is 46.7 Å². The summed E-state index contributed by atoms with van der Waals surface area (Å²) in [6.45, 7) is 0. The maximum absolute atomic E-state index is 10.9. The molecule has 0 radical (unpaired) electrons. The van der Waals surface area contributed by atoms with Gasteiger partial charge in [-0.15, -0.1) is 23.5 Å². The molecule has 1 aliphatic rings. The van der Waals surface area contributed by atoms with Crippen LogP contribution in [0, 0.1) is 0 Å². The lowest BCUT2D eigenvalue weighted by atomic mass is 10.2. The van der Waals surface area contributed by atoms with Crippen LogP contribution in [0.4, 0.5) is 0 Å². The number of thioether (sulfide) groups is 4. The first-order valence-corrected chi connectivity index (χ1v) is 10.1. The van der Waals surface area contributed by atoms with Crippen LogP contribution >= 0.6 is 70.2 Å². The van der Waals surface area contributed by atoms with Gasteiger partial charge in [0.2, 0.25) is 0 Å². The Kier molecular flexibility index (Phi) is 6.25. The average molecular weight is 382 g/mol. The number of halogens is 2. The maximum atomic E-state index is 10.9. The first-order chi connectivity index (χ1) is 9.58. The predicted molar refractivity (Wildman–Crippen MR) is 96.9 cm³/mol. The van der Waals surface area contributed by atoms with Crippen LogP contribution in [-0.4, -0.2) is 23.8 Å². The zero-order valence-corrected chi connectivity index (χ0v) is 15.3. The van der Waals surface area contributed by atoms with Crippen molar-refractivity contribution < 1.29 is 4.79 Å². The van der Waals surface area contributed by atoms with Gasteiger partial charge in [-0.25, -0.2) is 4.98 Å². The third-order valence-corrected chi connectivity index (χ3v) is 8.00. The molecule has 0 amide bonds. The van der Waals surface area contributed by atoms with E-state index in [0.29, 0.717) is 22.6 Å². The van der Waals surface area contributed by atoms with Gasteiger partial charge in [0, 0.05) is 5.56 Å². The first kappa shape index (κ1) is 16.6. The maximum Gasteiger partial charge on any atom is 0.153 e. The van der Waals surface area contributed by atoms with E-state index in [1.165, 1.54) is 8.47 Å². The Hall–Kier alpha value is 0.280. The monoisotopic (exact) mass is 381 g/mol. The summed E-state index contributed by atoms with van der Waals surface area (Å²) in [6, 6.07) is 1.66. The predicted octanol–water partition coefficient (Wildman–Crippen LogP) is 5.83. The Morgan fingerprint density at radius 1 is 1.10 bits per heavy atom. The number of carbonyl (C=O) groups is 1. The van der Waals surface area contributed by atoms with E-state index in [4.69, 9.17) is 23.2 Å². The molecule has 0 spiro atoms. The normalized spacial score (nSPS) is 14.9. The van der Waals surface area contributed by atoms with Crippen molar-refractivity contribution >= 4 is 82.6 Å². The van der Waals surface area contributed by atoms with Crippen LogP contribution in [0.5, 0.6) is 0 Å². The third-order valence-electron chi connectivity index (χ3n) is 2.31. The SMILES string of the molecule is CSC1=C(SC)SC(=Cc2cc(C=O)c(Cl)nc2Cl)S1. The summed E-state index contributed by atoms with van der Waals surface area (Å²) in [5.74, 6) is 0. The lowest BCUT2D eigenvalue weighted by molar-refractivity contribution is 0.112. The molecule has 0 bridgehead atoms. The molecule has 0 aromatic carbocycles. The summed E-state index contributed by atoms with van der Waals surface area (Å²) in [4.78, 5) is 14.9. The first-order valence-electron chi connectivity index (χ1n) is 5.30. The van der Waals surface area contributed by atoms with Crippen LogP contribution in [0.3, 0.4) is 0 Å². The van der Waals surface area contributed by atoms with E-state index >= 15 is 0 Å². The van der Waals surface area contributed by atoms with Gasteiger partial charge >= 0.3 is 0 Å². The van der Waals surface area contributed by atoms with Crippen LogP contribution in [0.25, 0.3) is 6.08 Å². The number of pyridine rings is 1. The van der Waals surface area contributed by atoms with E-state index in [1.54, 1.807) is 53.1 Å². The smallest absolute Gasteiger partial charge is 0.153 e. The zero-order chi connectivity index (χ0) is 14.7. The third kappa shape index (κ3) is 3.72. The van der Waals surface area contributed by atoms with Crippen molar-refractivity contribution in [1.29, 1.82) is 0 Å². The van der Waals surface area contributed by atoms with Gasteiger partial charge in [0.15, 0.2) is 6.29 Å². The summed E-state index contributed by atoms with van der Waals surface area (Å²) >= 11 is 18.8. The largest absolute Gasteiger partial charge is 0.298 e. The molecule has 0 saturated heterocycles. The molecule has 2 rings (SSSR count). The molecule has 8 heteroatoms. The summed E-state index contributed by atoms with van der Waals surface area (Å²) < 4.78 is 3.67. The Bertz CT molecular complexity index is 598. The molecule has 1 aromatic rings. The Morgan fingerprint density at radius 3 is 2.15 bits per heavy atom. The number of hydrogen-bond donors (Lipinski definition) is 0. The van der Waals surface area contributed by atoms with Gasteiger partial charge < -0.3 is 0 Å². The van der Waals surface area contributed by atoms with E-state index in [-0.39, 0.29) is 5.15 Å². The molecule has 2 heterocycles. The minimum atomic E-state index is 0.131. The number of aromatic nitrogens is 1. The second kappa shape index (κ2) is 7.51. The van der Waals surface area contributed by atoms with Gasteiger partial charge in [0.25, 0.3) is 0 Å². The lowest BCUT2D eigenvalue weighted by Gasteiger charge is -2.03. The summed E-state index contributed by atoms with van der Waals surface area (Å²) in [6.07, 6.45) is 6.74. The number of hydrogen-bond acceptors (Lipinski definition) is 6. The van der Waals surface area contributed by atoms with Gasteiger partial charge in [-0.3, -0.25) is 4.79 Å². The van der Waals surface area contributed by atoms with E-state index in [9.17, 15) is 4.79 Å². The van der Waals surface area contributed by atoms with Crippen LogP contribution in [0.1, 0.15) is 15.9 Å². The highest BCUT2D eigenvalue weighted by Gasteiger charge is 2.20. The highest BCUT2D eigenvalue weighted by Crippen LogP contribution is 2.56. The van der Waals surface area contributed by atoms with E-state index in [0.717, 1.165) is 4.24 Å². The molecule has 1 aromatic heterocycles. The minimum absolute atomic E-state index is 0.131. The van der Waals surface area contributed by atoms with Crippen LogP contribution in [0.2, 0.25) is 10.3 Å². The summed E-state index contributed by atoms with van der Waals surface area (Å²) in [7, 11) is 0. The van der Waals surface area contributed by atoms with E-state index < -0.39 is 0 Å². The quantitative estimate of drug-likeness (QED) is 0.481. The molecular formula is C12H9Cl2NOS4. The van der Waals surface area contributed by atoms with Crippen molar-refractivity contribution in [1.82, 2.24) is 4.98 Å². The molecule has 20 heavy (non-hydrogen) atoms. The molecular weight excluding hydrogens is 373 g/mol. The van der Waals surface area contributed by atoms with Crippen molar-refractivity contribution in [3.8, 4) is 0 Å². The van der Waals surface area contributed by atoms with Crippen LogP contribution in [0.15, 0.2) is 18.8 Å². The van der Waals surface area contributed by atoms with Gasteiger partial charge in [-0.05, 0) is 24.7 Å². The van der Waals surface area contributed by atoms with Gasteiger partial charge in [0.05, 0.1) is 18.3 Å². The number of carbonyl (C=O) groups excluding carboxylic acids is 1. The Balaban J connectivity index is 2.32. The number of nitrogens with zero attached hydrogens (tertiary/aromatic N) is 1. The topological polar surface area (TPSA) is 30.0 Å². The fourth-order valence-electron chi connectivity index (χ4n) is 1.41. The summed E-state index contributed by atoms with van der Waals surface area (Å²) in [5.41, 5.74) is 1.05. The lowest BCUT2D eigenvalue weighted by Crippen LogP contribution is -1.90. The summed E-state index contributed by atoms with van der Waals surface area (Å²) in [5, 5.41) is 0.434. The van der Waals surface area contributed by atoms with Crippen molar-refractivity contribution in [3.05, 3.63) is 40.2 Å². The average Bonchev–Trinajstić information content (AvgIpc) is 2.84. The molecule has 1 aliphatic heterocycles. The second-order valence-electron chi connectivity index (χ2n) is 3.52. The van der Waals surface area contributed by atoms with E-state index in [1.807, 2.05) is 6.08 Å². The van der Waals surface area contributed by atoms with Crippen LogP contribution < -0.4 is 0 Å². The fourth-order valence-corrected chi connectivity index (χ4v) is 6.75. The minimum Gasteiger partial charge on any atom is -0.298 e. The molecule has 0 N–H and O–H groups in total. The molecule has 106 valence electrons. The molecule has 0 fully saturated rings. The second-order valence-corrected chi connectivity index (χ2v) is 8.75. The van der Waals surface area contributed by atoms with Crippen molar-refractivity contribution in [2.45, 2.75) is 0 Å². The van der Waals surface area contributed by atoms with Crippen molar-refractivity contribution in [3.63, 3.8) is 0 Å². The standard InChI is InChI=1S/C12H9Cl2NOS4/c1-17-11-12(18-2)20-8(19-11)4-6-3-7(5-16)10(14)15-9(6)13/h3-5H,1-2H3. The fraction of sp³-hybridized carbons (Fsp3) is 0.167.